The highest BCUT2D eigenvalue weighted by Gasteiger charge is 2.16. The van der Waals surface area contributed by atoms with E-state index in [1.807, 2.05) is 37.8 Å². The van der Waals surface area contributed by atoms with Crippen LogP contribution in [0.15, 0.2) is 40.0 Å². The van der Waals surface area contributed by atoms with E-state index in [0.29, 0.717) is 29.2 Å². The number of hydrogen-bond acceptors (Lipinski definition) is 5. The van der Waals surface area contributed by atoms with Crippen LogP contribution in [-0.4, -0.2) is 44.4 Å². The third-order valence-corrected chi connectivity index (χ3v) is 4.77. The molecule has 31 heavy (non-hydrogen) atoms. The first-order chi connectivity index (χ1) is 14.4. The van der Waals surface area contributed by atoms with Crippen molar-refractivity contribution in [3.05, 3.63) is 52.6 Å². The number of nitrogens with zero attached hydrogens (tertiary/aromatic N) is 6. The fourth-order valence-corrected chi connectivity index (χ4v) is 3.27. The first kappa shape index (κ1) is 25.1. The molecule has 10 heteroatoms. The first-order valence-corrected chi connectivity index (χ1v) is 10.4. The lowest BCUT2D eigenvalue weighted by molar-refractivity contribution is 0.379. The molecule has 0 fully saturated rings. The highest BCUT2D eigenvalue weighted by Crippen LogP contribution is 2.20. The maximum atomic E-state index is 5.94. The summed E-state index contributed by atoms with van der Waals surface area (Å²) >= 11 is 5.94. The molecular weight excluding hydrogens is 529 g/mol. The van der Waals surface area contributed by atoms with Gasteiger partial charge in [-0.2, -0.15) is 10.1 Å². The lowest BCUT2D eigenvalue weighted by atomic mass is 10.1. The topological polar surface area (TPSA) is 84.4 Å². The van der Waals surface area contributed by atoms with Gasteiger partial charge >= 0.3 is 0 Å². The van der Waals surface area contributed by atoms with Gasteiger partial charge in [-0.05, 0) is 37.1 Å². The number of hydrogen-bond donors (Lipinski definition) is 1. The van der Waals surface area contributed by atoms with Gasteiger partial charge in [0, 0.05) is 49.5 Å². The summed E-state index contributed by atoms with van der Waals surface area (Å²) in [5.41, 5.74) is 3.13. The van der Waals surface area contributed by atoms with Crippen LogP contribution in [0.25, 0.3) is 11.4 Å². The fourth-order valence-electron chi connectivity index (χ4n) is 3.14. The number of aromatic nitrogens is 4. The normalized spacial score (nSPS) is 11.5. The molecule has 3 rings (SSSR count). The van der Waals surface area contributed by atoms with Gasteiger partial charge in [-0.3, -0.25) is 4.68 Å². The van der Waals surface area contributed by atoms with Crippen LogP contribution < -0.4 is 5.32 Å². The van der Waals surface area contributed by atoms with E-state index in [1.165, 1.54) is 5.56 Å². The van der Waals surface area contributed by atoms with Gasteiger partial charge in [0.15, 0.2) is 5.96 Å². The molecule has 0 aliphatic carbocycles. The molecular formula is C21H29ClIN7O. The molecule has 0 radical (unpaired) electrons. The van der Waals surface area contributed by atoms with Crippen molar-refractivity contribution in [1.82, 2.24) is 30.1 Å². The van der Waals surface area contributed by atoms with E-state index in [4.69, 9.17) is 16.1 Å². The molecule has 2 aromatic heterocycles. The Labute approximate surface area is 205 Å². The van der Waals surface area contributed by atoms with Gasteiger partial charge in [-0.15, -0.1) is 24.0 Å². The number of halogens is 2. The van der Waals surface area contributed by atoms with E-state index in [-0.39, 0.29) is 30.5 Å². The molecule has 1 N–H and O–H groups in total. The monoisotopic (exact) mass is 557 g/mol. The zero-order valence-corrected chi connectivity index (χ0v) is 21.5. The van der Waals surface area contributed by atoms with Crippen LogP contribution in [0, 0.1) is 0 Å². The second kappa shape index (κ2) is 11.5. The van der Waals surface area contributed by atoms with E-state index in [9.17, 15) is 0 Å². The van der Waals surface area contributed by atoms with Crippen molar-refractivity contribution in [1.29, 1.82) is 0 Å². The SMILES string of the molecule is CCNC(=NCc1nc(-c2ccc(Cl)cc2)no1)N(C)Cc1cn(C)nc1C(C)C.I. The van der Waals surface area contributed by atoms with Crippen molar-refractivity contribution in [3.63, 3.8) is 0 Å². The molecule has 0 amide bonds. The number of aliphatic imine (C=N–C) groups is 1. The Morgan fingerprint density at radius 2 is 2.00 bits per heavy atom. The smallest absolute Gasteiger partial charge is 0.248 e. The lowest BCUT2D eigenvalue weighted by Crippen LogP contribution is -2.38. The highest BCUT2D eigenvalue weighted by molar-refractivity contribution is 14.0. The van der Waals surface area contributed by atoms with Gasteiger partial charge in [0.2, 0.25) is 11.7 Å². The molecule has 0 bridgehead atoms. The number of guanidine groups is 1. The van der Waals surface area contributed by atoms with Gasteiger partial charge in [-0.1, -0.05) is 30.6 Å². The molecule has 0 aliphatic heterocycles. The lowest BCUT2D eigenvalue weighted by Gasteiger charge is -2.22. The summed E-state index contributed by atoms with van der Waals surface area (Å²) in [6, 6.07) is 7.32. The number of aryl methyl sites for hydroxylation is 1. The molecule has 1 aromatic carbocycles. The van der Waals surface area contributed by atoms with Gasteiger partial charge < -0.3 is 14.7 Å². The standard InChI is InChI=1S/C21H28ClN7O.HI/c1-6-23-21(28(4)12-16-13-29(5)26-19(16)14(2)3)24-11-18-25-20(27-30-18)15-7-9-17(22)10-8-15;/h7-10,13-14H,6,11-12H2,1-5H3,(H,23,24);1H. The van der Waals surface area contributed by atoms with Crippen molar-refractivity contribution in [2.24, 2.45) is 12.0 Å². The van der Waals surface area contributed by atoms with Crippen LogP contribution in [-0.2, 0) is 20.1 Å². The summed E-state index contributed by atoms with van der Waals surface area (Å²) in [6.07, 6.45) is 2.06. The predicted molar refractivity (Wildman–Crippen MR) is 134 cm³/mol. The van der Waals surface area contributed by atoms with E-state index in [1.54, 1.807) is 12.1 Å². The highest BCUT2D eigenvalue weighted by atomic mass is 127. The quantitative estimate of drug-likeness (QED) is 0.262. The molecule has 2 heterocycles. The summed E-state index contributed by atoms with van der Waals surface area (Å²) in [4.78, 5) is 11.2. The van der Waals surface area contributed by atoms with Gasteiger partial charge in [0.05, 0.1) is 5.69 Å². The van der Waals surface area contributed by atoms with E-state index >= 15 is 0 Å². The molecule has 8 nitrogen and oxygen atoms in total. The Morgan fingerprint density at radius 1 is 1.29 bits per heavy atom. The molecule has 0 saturated carbocycles. The fraction of sp³-hybridized carbons (Fsp3) is 0.429. The third-order valence-electron chi connectivity index (χ3n) is 4.52. The number of nitrogens with one attached hydrogen (secondary N) is 1. The Morgan fingerprint density at radius 3 is 2.65 bits per heavy atom. The molecule has 3 aromatic rings. The molecule has 0 saturated heterocycles. The Bertz CT molecular complexity index is 998. The second-order valence-electron chi connectivity index (χ2n) is 7.41. The van der Waals surface area contributed by atoms with Gasteiger partial charge in [-0.25, -0.2) is 4.99 Å². The van der Waals surface area contributed by atoms with Crippen LogP contribution in [0.2, 0.25) is 5.02 Å². The van der Waals surface area contributed by atoms with E-state index in [2.05, 4.69) is 50.5 Å². The van der Waals surface area contributed by atoms with Crippen molar-refractivity contribution in [2.45, 2.75) is 39.8 Å². The van der Waals surface area contributed by atoms with Crippen molar-refractivity contribution in [2.75, 3.05) is 13.6 Å². The summed E-state index contributed by atoms with van der Waals surface area (Å²) in [5.74, 6) is 2.10. The summed E-state index contributed by atoms with van der Waals surface area (Å²) in [6.45, 7) is 8.09. The molecule has 0 atom stereocenters. The van der Waals surface area contributed by atoms with Crippen LogP contribution >= 0.6 is 35.6 Å². The first-order valence-electron chi connectivity index (χ1n) is 9.97. The average Bonchev–Trinajstić information content (AvgIpc) is 3.32. The zero-order valence-electron chi connectivity index (χ0n) is 18.5. The van der Waals surface area contributed by atoms with Gasteiger partial charge in [0.1, 0.15) is 6.54 Å². The molecule has 0 unspecified atom stereocenters. The van der Waals surface area contributed by atoms with Crippen LogP contribution in [0.3, 0.4) is 0 Å². The summed E-state index contributed by atoms with van der Waals surface area (Å²) in [7, 11) is 3.95. The average molecular weight is 558 g/mol. The Hall–Kier alpha value is -2.14. The minimum absolute atomic E-state index is 0. The summed E-state index contributed by atoms with van der Waals surface area (Å²) < 4.78 is 7.23. The maximum Gasteiger partial charge on any atom is 0.248 e. The van der Waals surface area contributed by atoms with Gasteiger partial charge in [0.25, 0.3) is 0 Å². The second-order valence-corrected chi connectivity index (χ2v) is 7.85. The van der Waals surface area contributed by atoms with E-state index < -0.39 is 0 Å². The number of rotatable bonds is 7. The number of benzene rings is 1. The predicted octanol–water partition coefficient (Wildman–Crippen LogP) is 4.46. The van der Waals surface area contributed by atoms with Crippen molar-refractivity contribution >= 4 is 41.5 Å². The zero-order chi connectivity index (χ0) is 21.7. The van der Waals surface area contributed by atoms with Crippen LogP contribution in [0.1, 0.15) is 43.8 Å². The van der Waals surface area contributed by atoms with E-state index in [0.717, 1.165) is 23.8 Å². The molecule has 168 valence electrons. The Balaban J connectivity index is 0.00000341. The maximum absolute atomic E-state index is 5.94. The molecule has 0 spiro atoms. The van der Waals surface area contributed by atoms with Crippen LogP contribution in [0.4, 0.5) is 0 Å². The minimum Gasteiger partial charge on any atom is -0.357 e. The van der Waals surface area contributed by atoms with Crippen LogP contribution in [0.5, 0.6) is 0 Å². The summed E-state index contributed by atoms with van der Waals surface area (Å²) in [5, 5.41) is 12.6. The minimum atomic E-state index is 0. The largest absolute Gasteiger partial charge is 0.357 e. The Kier molecular flexibility index (Phi) is 9.30. The molecule has 0 aliphatic rings. The third kappa shape index (κ3) is 6.67. The van der Waals surface area contributed by atoms with Crippen molar-refractivity contribution < 1.29 is 4.52 Å². The van der Waals surface area contributed by atoms with Crippen molar-refractivity contribution in [3.8, 4) is 11.4 Å².